The maximum atomic E-state index is 13.2. The molecule has 1 unspecified atom stereocenters. The molecule has 1 aliphatic rings. The van der Waals surface area contributed by atoms with Crippen molar-refractivity contribution in [3.8, 4) is 0 Å². The number of benzene rings is 1. The van der Waals surface area contributed by atoms with E-state index < -0.39 is 0 Å². The third-order valence-corrected chi connectivity index (χ3v) is 5.69. The van der Waals surface area contributed by atoms with Gasteiger partial charge in [0.15, 0.2) is 0 Å². The Morgan fingerprint density at radius 1 is 1.12 bits per heavy atom. The van der Waals surface area contributed by atoms with Crippen LogP contribution in [0, 0.1) is 20.8 Å². The average Bonchev–Trinajstić information content (AvgIpc) is 3.58. The molecule has 32 heavy (non-hydrogen) atoms. The van der Waals surface area contributed by atoms with E-state index in [0.717, 1.165) is 41.3 Å². The van der Waals surface area contributed by atoms with Gasteiger partial charge in [0.05, 0.1) is 17.3 Å². The van der Waals surface area contributed by atoms with E-state index in [1.54, 1.807) is 6.20 Å². The summed E-state index contributed by atoms with van der Waals surface area (Å²) in [5.74, 6) is 2.72. The fourth-order valence-corrected chi connectivity index (χ4v) is 3.75. The molecule has 0 bridgehead atoms. The summed E-state index contributed by atoms with van der Waals surface area (Å²) in [6.45, 7) is 5.71. The lowest BCUT2D eigenvalue weighted by atomic mass is 9.99. The minimum atomic E-state index is -0.236. The molecule has 1 atom stereocenters. The van der Waals surface area contributed by atoms with Gasteiger partial charge >= 0.3 is 0 Å². The van der Waals surface area contributed by atoms with Crippen LogP contribution < -0.4 is 10.2 Å². The third kappa shape index (κ3) is 5.10. The quantitative estimate of drug-likeness (QED) is 0.613. The Labute approximate surface area is 189 Å². The van der Waals surface area contributed by atoms with E-state index in [9.17, 15) is 4.79 Å². The molecule has 7 heteroatoms. The normalized spacial score (nSPS) is 14.2. The second kappa shape index (κ2) is 9.02. The van der Waals surface area contributed by atoms with Gasteiger partial charge in [-0.3, -0.25) is 4.79 Å². The van der Waals surface area contributed by atoms with Gasteiger partial charge in [0.25, 0.3) is 5.91 Å². The van der Waals surface area contributed by atoms with E-state index in [4.69, 9.17) is 9.97 Å². The first-order chi connectivity index (χ1) is 15.3. The predicted octanol–water partition coefficient (Wildman–Crippen LogP) is 3.85. The van der Waals surface area contributed by atoms with Gasteiger partial charge in [0.2, 0.25) is 0 Å². The summed E-state index contributed by atoms with van der Waals surface area (Å²) in [6, 6.07) is 10.0. The number of hydrogen-bond donors (Lipinski definition) is 1. The summed E-state index contributed by atoms with van der Waals surface area (Å²) >= 11 is 0. The molecular formula is C25H30N6O. The van der Waals surface area contributed by atoms with Crippen LogP contribution in [0.2, 0.25) is 0 Å². The van der Waals surface area contributed by atoms with Crippen LogP contribution in [0.4, 0.5) is 5.82 Å². The highest BCUT2D eigenvalue weighted by molar-refractivity contribution is 5.95. The van der Waals surface area contributed by atoms with Crippen molar-refractivity contribution in [2.24, 2.45) is 0 Å². The van der Waals surface area contributed by atoms with Crippen LogP contribution in [0.3, 0.4) is 0 Å². The maximum Gasteiger partial charge on any atom is 0.255 e. The molecule has 1 aliphatic carbocycles. The van der Waals surface area contributed by atoms with E-state index in [0.29, 0.717) is 29.4 Å². The van der Waals surface area contributed by atoms with Crippen molar-refractivity contribution in [1.29, 1.82) is 0 Å². The van der Waals surface area contributed by atoms with Crippen molar-refractivity contribution in [1.82, 2.24) is 25.3 Å². The number of aromatic nitrogens is 4. The van der Waals surface area contributed by atoms with Crippen LogP contribution >= 0.6 is 0 Å². The number of anilines is 1. The van der Waals surface area contributed by atoms with Gasteiger partial charge in [-0.05, 0) is 39.2 Å². The minimum absolute atomic E-state index is 0.182. The number of nitrogens with zero attached hydrogens (tertiary/aromatic N) is 5. The lowest BCUT2D eigenvalue weighted by Gasteiger charge is -2.21. The molecule has 0 saturated heterocycles. The number of carbonyl (C=O) groups excluding carboxylic acids is 1. The molecule has 1 aromatic carbocycles. The zero-order valence-electron chi connectivity index (χ0n) is 19.4. The molecule has 1 saturated carbocycles. The van der Waals surface area contributed by atoms with Gasteiger partial charge in [-0.1, -0.05) is 29.8 Å². The molecule has 0 spiro atoms. The molecule has 1 N–H and O–H groups in total. The zero-order chi connectivity index (χ0) is 22.8. The van der Waals surface area contributed by atoms with Gasteiger partial charge in [-0.2, -0.15) is 0 Å². The van der Waals surface area contributed by atoms with Crippen molar-refractivity contribution in [2.75, 3.05) is 19.0 Å². The second-order valence-electron chi connectivity index (χ2n) is 8.80. The van der Waals surface area contributed by atoms with E-state index in [2.05, 4.69) is 34.3 Å². The van der Waals surface area contributed by atoms with Crippen LogP contribution in [0.5, 0.6) is 0 Å². The van der Waals surface area contributed by atoms with Crippen LogP contribution in [0.1, 0.15) is 69.3 Å². The lowest BCUT2D eigenvalue weighted by molar-refractivity contribution is 0.0935. The monoisotopic (exact) mass is 430 g/mol. The second-order valence-corrected chi connectivity index (χ2v) is 8.80. The summed E-state index contributed by atoms with van der Waals surface area (Å²) in [7, 11) is 3.98. The number of nitrogens with one attached hydrogen (secondary N) is 1. The van der Waals surface area contributed by atoms with Gasteiger partial charge < -0.3 is 10.2 Å². The van der Waals surface area contributed by atoms with Crippen LogP contribution in [-0.4, -0.2) is 39.9 Å². The van der Waals surface area contributed by atoms with Crippen molar-refractivity contribution in [2.45, 2.75) is 52.0 Å². The highest BCUT2D eigenvalue weighted by Gasteiger charge is 2.28. The third-order valence-electron chi connectivity index (χ3n) is 5.69. The number of amides is 1. The topological polar surface area (TPSA) is 83.9 Å². The van der Waals surface area contributed by atoms with E-state index in [-0.39, 0.29) is 11.9 Å². The molecule has 3 aromatic rings. The highest BCUT2D eigenvalue weighted by Crippen LogP contribution is 2.38. The van der Waals surface area contributed by atoms with Crippen molar-refractivity contribution in [3.63, 3.8) is 0 Å². The van der Waals surface area contributed by atoms with Gasteiger partial charge in [0.1, 0.15) is 17.5 Å². The molecule has 2 heterocycles. The molecule has 1 amide bonds. The fourth-order valence-electron chi connectivity index (χ4n) is 3.75. The Morgan fingerprint density at radius 3 is 2.56 bits per heavy atom. The Hall–Kier alpha value is -3.35. The first-order valence-electron chi connectivity index (χ1n) is 11.0. The van der Waals surface area contributed by atoms with E-state index >= 15 is 0 Å². The van der Waals surface area contributed by atoms with Crippen molar-refractivity contribution >= 4 is 11.7 Å². The molecule has 0 radical (unpaired) electrons. The first kappa shape index (κ1) is 21.9. The van der Waals surface area contributed by atoms with Crippen LogP contribution in [-0.2, 0) is 6.42 Å². The summed E-state index contributed by atoms with van der Waals surface area (Å²) in [5.41, 5.74) is 4.28. The summed E-state index contributed by atoms with van der Waals surface area (Å²) in [6.07, 6.45) is 4.45. The predicted molar refractivity (Wildman–Crippen MR) is 125 cm³/mol. The van der Waals surface area contributed by atoms with Gasteiger partial charge in [-0.15, -0.1) is 0 Å². The van der Waals surface area contributed by atoms with Crippen molar-refractivity contribution in [3.05, 3.63) is 76.3 Å². The van der Waals surface area contributed by atoms with Crippen LogP contribution in [0.15, 0.2) is 36.5 Å². The average molecular weight is 431 g/mol. The molecule has 2 aromatic heterocycles. The lowest BCUT2D eigenvalue weighted by Crippen LogP contribution is -2.31. The molecule has 4 rings (SSSR count). The standard InChI is InChI=1S/C25H30N6O/c1-15-7-6-8-19(11-15)22(29-25(32)21-14-26-17(3)27-16(21)2)12-20-13-23(31(4)5)30-24(28-20)18-9-10-18/h6-8,11,13-14,18,22H,9-10,12H2,1-5H3,(H,29,32). The SMILES string of the molecule is Cc1cccc(C(Cc2cc(N(C)C)nc(C3CC3)n2)NC(=O)c2cnc(C)nc2C)c1. The maximum absolute atomic E-state index is 13.2. The Kier molecular flexibility index (Phi) is 6.17. The summed E-state index contributed by atoms with van der Waals surface area (Å²) in [4.78, 5) is 33.3. The zero-order valence-corrected chi connectivity index (χ0v) is 19.4. The fraction of sp³-hybridized carbons (Fsp3) is 0.400. The number of aryl methyl sites for hydroxylation is 3. The van der Waals surface area contributed by atoms with Gasteiger partial charge in [-0.25, -0.2) is 19.9 Å². The van der Waals surface area contributed by atoms with Gasteiger partial charge in [0, 0.05) is 44.4 Å². The van der Waals surface area contributed by atoms with E-state index in [1.807, 2.05) is 51.0 Å². The Morgan fingerprint density at radius 2 is 1.91 bits per heavy atom. The molecule has 7 nitrogen and oxygen atoms in total. The first-order valence-corrected chi connectivity index (χ1v) is 11.0. The summed E-state index contributed by atoms with van der Waals surface area (Å²) in [5, 5.41) is 3.21. The Bertz CT molecular complexity index is 1120. The largest absolute Gasteiger partial charge is 0.363 e. The molecular weight excluding hydrogens is 400 g/mol. The molecule has 166 valence electrons. The highest BCUT2D eigenvalue weighted by atomic mass is 16.1. The number of rotatable bonds is 7. The molecule has 1 fully saturated rings. The number of hydrogen-bond acceptors (Lipinski definition) is 6. The smallest absolute Gasteiger partial charge is 0.255 e. The number of carbonyl (C=O) groups is 1. The van der Waals surface area contributed by atoms with Crippen molar-refractivity contribution < 1.29 is 4.79 Å². The summed E-state index contributed by atoms with van der Waals surface area (Å²) < 4.78 is 0. The Balaban J connectivity index is 1.67. The molecule has 0 aliphatic heterocycles. The minimum Gasteiger partial charge on any atom is -0.363 e. The van der Waals surface area contributed by atoms with E-state index in [1.165, 1.54) is 0 Å². The van der Waals surface area contributed by atoms with Crippen LogP contribution in [0.25, 0.3) is 0 Å².